The molecular formula is C11H21N3O4. The van der Waals surface area contributed by atoms with Crippen LogP contribution in [-0.4, -0.2) is 77.4 Å². The quantitative estimate of drug-likeness (QED) is 0.612. The third kappa shape index (κ3) is 3.85. The van der Waals surface area contributed by atoms with Crippen LogP contribution >= 0.6 is 0 Å². The molecule has 1 saturated heterocycles. The SMILES string of the molecule is CC1CN(C)CCN1C(=O)NC(CCO)C(=O)O. The first-order valence-electron chi connectivity index (χ1n) is 6.05. The van der Waals surface area contributed by atoms with Gasteiger partial charge in [-0.05, 0) is 14.0 Å². The number of piperazine rings is 1. The van der Waals surface area contributed by atoms with Gasteiger partial charge in [0.2, 0.25) is 0 Å². The minimum atomic E-state index is -1.13. The fourth-order valence-corrected chi connectivity index (χ4v) is 2.06. The zero-order chi connectivity index (χ0) is 13.7. The minimum Gasteiger partial charge on any atom is -0.480 e. The minimum absolute atomic E-state index is 0.0171. The van der Waals surface area contributed by atoms with Crippen LogP contribution in [0.25, 0.3) is 0 Å². The van der Waals surface area contributed by atoms with E-state index in [4.69, 9.17) is 10.2 Å². The van der Waals surface area contributed by atoms with Crippen LogP contribution in [0, 0.1) is 0 Å². The van der Waals surface area contributed by atoms with Crippen molar-refractivity contribution in [3.63, 3.8) is 0 Å². The van der Waals surface area contributed by atoms with Gasteiger partial charge < -0.3 is 25.3 Å². The van der Waals surface area contributed by atoms with E-state index in [9.17, 15) is 9.59 Å². The van der Waals surface area contributed by atoms with Crippen LogP contribution in [0.2, 0.25) is 0 Å². The van der Waals surface area contributed by atoms with E-state index in [1.807, 2.05) is 14.0 Å². The third-order valence-electron chi connectivity index (χ3n) is 3.11. The van der Waals surface area contributed by atoms with Gasteiger partial charge in [0.05, 0.1) is 0 Å². The van der Waals surface area contributed by atoms with Crippen molar-refractivity contribution in [1.29, 1.82) is 0 Å². The Labute approximate surface area is 106 Å². The number of urea groups is 1. The number of hydrogen-bond acceptors (Lipinski definition) is 4. The van der Waals surface area contributed by atoms with Gasteiger partial charge in [-0.2, -0.15) is 0 Å². The monoisotopic (exact) mass is 259 g/mol. The molecule has 2 amide bonds. The molecule has 2 atom stereocenters. The number of amides is 2. The molecule has 0 radical (unpaired) electrons. The highest BCUT2D eigenvalue weighted by Crippen LogP contribution is 2.08. The lowest BCUT2D eigenvalue weighted by atomic mass is 10.2. The van der Waals surface area contributed by atoms with Gasteiger partial charge in [0.25, 0.3) is 0 Å². The second kappa shape index (κ2) is 6.55. The second-order valence-electron chi connectivity index (χ2n) is 4.66. The molecule has 0 aliphatic carbocycles. The summed E-state index contributed by atoms with van der Waals surface area (Å²) >= 11 is 0. The van der Waals surface area contributed by atoms with Crippen molar-refractivity contribution in [1.82, 2.24) is 15.1 Å². The number of aliphatic carboxylic acids is 1. The molecular weight excluding hydrogens is 238 g/mol. The lowest BCUT2D eigenvalue weighted by Crippen LogP contribution is -2.57. The van der Waals surface area contributed by atoms with Crippen LogP contribution in [0.5, 0.6) is 0 Å². The van der Waals surface area contributed by atoms with E-state index < -0.39 is 12.0 Å². The van der Waals surface area contributed by atoms with E-state index in [1.54, 1.807) is 4.90 Å². The van der Waals surface area contributed by atoms with Crippen LogP contribution in [0.15, 0.2) is 0 Å². The lowest BCUT2D eigenvalue weighted by Gasteiger charge is -2.38. The molecule has 2 unspecified atom stereocenters. The normalized spacial score (nSPS) is 22.6. The van der Waals surface area contributed by atoms with Crippen molar-refractivity contribution in [3.8, 4) is 0 Å². The maximum Gasteiger partial charge on any atom is 0.326 e. The number of nitrogens with zero attached hydrogens (tertiary/aromatic N) is 2. The Hall–Kier alpha value is -1.34. The number of aliphatic hydroxyl groups excluding tert-OH is 1. The molecule has 0 spiro atoms. The number of carbonyl (C=O) groups excluding carboxylic acids is 1. The molecule has 0 saturated carbocycles. The van der Waals surface area contributed by atoms with Gasteiger partial charge in [-0.25, -0.2) is 9.59 Å². The zero-order valence-electron chi connectivity index (χ0n) is 10.8. The molecule has 104 valence electrons. The Bertz CT molecular complexity index is 311. The number of aliphatic hydroxyl groups is 1. The average Bonchev–Trinajstić information content (AvgIpc) is 2.27. The number of carbonyl (C=O) groups is 2. The van der Waals surface area contributed by atoms with Crippen LogP contribution < -0.4 is 5.32 Å². The fraction of sp³-hybridized carbons (Fsp3) is 0.818. The number of carboxylic acids is 1. The highest BCUT2D eigenvalue weighted by atomic mass is 16.4. The molecule has 0 aromatic rings. The van der Waals surface area contributed by atoms with Gasteiger partial charge >= 0.3 is 12.0 Å². The van der Waals surface area contributed by atoms with E-state index in [0.717, 1.165) is 13.1 Å². The summed E-state index contributed by atoms with van der Waals surface area (Å²) in [5, 5.41) is 20.1. The number of hydrogen-bond donors (Lipinski definition) is 3. The maximum atomic E-state index is 12.0. The van der Waals surface area contributed by atoms with Crippen LogP contribution in [-0.2, 0) is 4.79 Å². The molecule has 0 bridgehead atoms. The number of likely N-dealkylation sites (N-methyl/N-ethyl adjacent to an activating group) is 1. The molecule has 18 heavy (non-hydrogen) atoms. The highest BCUT2D eigenvalue weighted by Gasteiger charge is 2.28. The molecule has 0 aromatic carbocycles. The highest BCUT2D eigenvalue weighted by molar-refractivity contribution is 5.82. The van der Waals surface area contributed by atoms with E-state index in [2.05, 4.69) is 10.2 Å². The van der Waals surface area contributed by atoms with Gasteiger partial charge in [0, 0.05) is 38.7 Å². The van der Waals surface area contributed by atoms with Crippen LogP contribution in [0.1, 0.15) is 13.3 Å². The summed E-state index contributed by atoms with van der Waals surface area (Å²) in [5.74, 6) is -1.13. The molecule has 1 aliphatic rings. The Morgan fingerprint density at radius 2 is 2.11 bits per heavy atom. The number of nitrogens with one attached hydrogen (secondary N) is 1. The van der Waals surface area contributed by atoms with E-state index in [0.29, 0.717) is 6.54 Å². The van der Waals surface area contributed by atoms with Crippen molar-refractivity contribution >= 4 is 12.0 Å². The first-order chi connectivity index (χ1) is 8.45. The Morgan fingerprint density at radius 1 is 1.44 bits per heavy atom. The summed E-state index contributed by atoms with van der Waals surface area (Å²) in [7, 11) is 1.98. The third-order valence-corrected chi connectivity index (χ3v) is 3.11. The Balaban J connectivity index is 2.55. The second-order valence-corrected chi connectivity index (χ2v) is 4.66. The molecule has 1 rings (SSSR count). The summed E-state index contributed by atoms with van der Waals surface area (Å²) in [6.07, 6.45) is 0.0171. The molecule has 1 fully saturated rings. The molecule has 7 heteroatoms. The summed E-state index contributed by atoms with van der Waals surface area (Å²) in [5.41, 5.74) is 0. The molecule has 7 nitrogen and oxygen atoms in total. The van der Waals surface area contributed by atoms with Gasteiger partial charge in [-0.3, -0.25) is 0 Å². The van der Waals surface area contributed by atoms with Crippen molar-refractivity contribution in [2.24, 2.45) is 0 Å². The molecule has 1 heterocycles. The van der Waals surface area contributed by atoms with Crippen molar-refractivity contribution in [2.45, 2.75) is 25.4 Å². The van der Waals surface area contributed by atoms with E-state index in [1.165, 1.54) is 0 Å². The largest absolute Gasteiger partial charge is 0.480 e. The van der Waals surface area contributed by atoms with Gasteiger partial charge in [0.1, 0.15) is 6.04 Å². The Morgan fingerprint density at radius 3 is 2.61 bits per heavy atom. The predicted molar refractivity (Wildman–Crippen MR) is 65.3 cm³/mol. The number of rotatable bonds is 4. The van der Waals surface area contributed by atoms with Crippen molar-refractivity contribution in [2.75, 3.05) is 33.3 Å². The van der Waals surface area contributed by atoms with Crippen LogP contribution in [0.4, 0.5) is 4.79 Å². The molecule has 3 N–H and O–H groups in total. The summed E-state index contributed by atoms with van der Waals surface area (Å²) in [6, 6.07) is -1.36. The average molecular weight is 259 g/mol. The smallest absolute Gasteiger partial charge is 0.326 e. The van der Waals surface area contributed by atoms with Crippen LogP contribution in [0.3, 0.4) is 0 Å². The lowest BCUT2D eigenvalue weighted by molar-refractivity contribution is -0.139. The zero-order valence-corrected chi connectivity index (χ0v) is 10.8. The molecule has 0 aromatic heterocycles. The maximum absolute atomic E-state index is 12.0. The fourth-order valence-electron chi connectivity index (χ4n) is 2.06. The topological polar surface area (TPSA) is 93.1 Å². The first kappa shape index (κ1) is 14.7. The number of carboxylic acid groups (broad SMARTS) is 1. The van der Waals surface area contributed by atoms with Gasteiger partial charge in [-0.15, -0.1) is 0 Å². The summed E-state index contributed by atoms with van der Waals surface area (Å²) in [6.45, 7) is 3.78. The van der Waals surface area contributed by atoms with Gasteiger partial charge in [-0.1, -0.05) is 0 Å². The standard InChI is InChI=1S/C11H21N3O4/c1-8-7-13(2)4-5-14(8)11(18)12-9(3-6-15)10(16)17/h8-9,15H,3-7H2,1-2H3,(H,12,18)(H,16,17). The van der Waals surface area contributed by atoms with E-state index >= 15 is 0 Å². The summed E-state index contributed by atoms with van der Waals surface area (Å²) < 4.78 is 0. The summed E-state index contributed by atoms with van der Waals surface area (Å²) in [4.78, 5) is 26.6. The first-order valence-corrected chi connectivity index (χ1v) is 6.05. The van der Waals surface area contributed by atoms with Crippen molar-refractivity contribution < 1.29 is 19.8 Å². The Kier molecular flexibility index (Phi) is 5.36. The van der Waals surface area contributed by atoms with Crippen molar-refractivity contribution in [3.05, 3.63) is 0 Å². The predicted octanol–water partition coefficient (Wildman–Crippen LogP) is -0.832. The molecule has 1 aliphatic heterocycles. The van der Waals surface area contributed by atoms with E-state index in [-0.39, 0.29) is 25.1 Å². The van der Waals surface area contributed by atoms with Gasteiger partial charge in [0.15, 0.2) is 0 Å².